The topological polar surface area (TPSA) is 81.0 Å². The Morgan fingerprint density at radius 1 is 0.917 bits per heavy atom. The van der Waals surface area contributed by atoms with Crippen molar-refractivity contribution in [3.63, 3.8) is 0 Å². The van der Waals surface area contributed by atoms with Crippen molar-refractivity contribution in [1.82, 2.24) is 14.4 Å². The van der Waals surface area contributed by atoms with Crippen LogP contribution in [0.3, 0.4) is 0 Å². The van der Waals surface area contributed by atoms with Gasteiger partial charge in [-0.25, -0.2) is 9.97 Å². The SMILES string of the molecule is COc1ccc(N(c2ccccc2)c2nc(-c3ccc(NC(C)=O)cc3)cn3ccnc23)cc1OC. The highest BCUT2D eigenvalue weighted by atomic mass is 16.5. The number of hydrogen-bond donors (Lipinski definition) is 1. The van der Waals surface area contributed by atoms with E-state index in [9.17, 15) is 4.79 Å². The lowest BCUT2D eigenvalue weighted by molar-refractivity contribution is -0.114. The third-order valence-corrected chi connectivity index (χ3v) is 5.71. The summed E-state index contributed by atoms with van der Waals surface area (Å²) in [6.07, 6.45) is 5.59. The van der Waals surface area contributed by atoms with Crippen molar-refractivity contribution in [2.24, 2.45) is 0 Å². The number of fused-ring (bicyclic) bond motifs is 1. The first kappa shape index (κ1) is 22.9. The van der Waals surface area contributed by atoms with E-state index in [1.54, 1.807) is 20.4 Å². The number of hydrogen-bond acceptors (Lipinski definition) is 6. The second-order valence-electron chi connectivity index (χ2n) is 8.08. The van der Waals surface area contributed by atoms with Crippen LogP contribution in [-0.4, -0.2) is 34.5 Å². The first-order chi connectivity index (χ1) is 17.6. The average molecular weight is 480 g/mol. The van der Waals surface area contributed by atoms with Crippen LogP contribution in [0.2, 0.25) is 0 Å². The number of nitrogens with zero attached hydrogens (tertiary/aromatic N) is 4. The zero-order chi connectivity index (χ0) is 25.1. The molecule has 36 heavy (non-hydrogen) atoms. The van der Waals surface area contributed by atoms with Gasteiger partial charge in [-0.2, -0.15) is 0 Å². The normalized spacial score (nSPS) is 10.8. The van der Waals surface area contributed by atoms with E-state index in [1.807, 2.05) is 94.5 Å². The standard InChI is InChI=1S/C28H25N5O3/c1-19(34)30-21-11-9-20(10-12-21)24-18-32-16-15-29-27(32)28(31-24)33(22-7-5-4-6-8-22)23-13-14-25(35-2)26(17-23)36-3/h4-18H,1-3H3,(H,30,34). The fourth-order valence-electron chi connectivity index (χ4n) is 4.07. The number of carbonyl (C=O) groups is 1. The van der Waals surface area contributed by atoms with E-state index in [0.717, 1.165) is 28.3 Å². The number of ether oxygens (including phenoxy) is 2. The van der Waals surface area contributed by atoms with E-state index < -0.39 is 0 Å². The Labute approximate surface area is 208 Å². The Kier molecular flexibility index (Phi) is 6.23. The maximum atomic E-state index is 11.4. The van der Waals surface area contributed by atoms with E-state index in [4.69, 9.17) is 14.5 Å². The molecule has 8 heteroatoms. The van der Waals surface area contributed by atoms with Crippen molar-refractivity contribution in [2.45, 2.75) is 6.92 Å². The minimum Gasteiger partial charge on any atom is -0.493 e. The molecule has 0 aliphatic rings. The molecule has 2 aromatic heterocycles. The minimum absolute atomic E-state index is 0.114. The van der Waals surface area contributed by atoms with Crippen molar-refractivity contribution >= 4 is 34.4 Å². The smallest absolute Gasteiger partial charge is 0.221 e. The Balaban J connectivity index is 1.69. The molecule has 0 saturated heterocycles. The van der Waals surface area contributed by atoms with Crippen LogP contribution < -0.4 is 19.7 Å². The van der Waals surface area contributed by atoms with Gasteiger partial charge in [-0.1, -0.05) is 30.3 Å². The van der Waals surface area contributed by atoms with Gasteiger partial charge < -0.3 is 19.2 Å². The zero-order valence-corrected chi connectivity index (χ0v) is 20.2. The minimum atomic E-state index is -0.114. The van der Waals surface area contributed by atoms with E-state index in [2.05, 4.69) is 10.3 Å². The monoisotopic (exact) mass is 479 g/mol. The van der Waals surface area contributed by atoms with Gasteiger partial charge in [0.15, 0.2) is 23.0 Å². The van der Waals surface area contributed by atoms with Gasteiger partial charge in [-0.3, -0.25) is 9.69 Å². The number of imidazole rings is 1. The summed E-state index contributed by atoms with van der Waals surface area (Å²) >= 11 is 0. The Morgan fingerprint density at radius 3 is 2.36 bits per heavy atom. The van der Waals surface area contributed by atoms with Crippen molar-refractivity contribution < 1.29 is 14.3 Å². The lowest BCUT2D eigenvalue weighted by Crippen LogP contribution is -2.14. The van der Waals surface area contributed by atoms with Gasteiger partial charge in [0.25, 0.3) is 0 Å². The highest BCUT2D eigenvalue weighted by molar-refractivity contribution is 5.89. The van der Waals surface area contributed by atoms with Crippen LogP contribution in [0.5, 0.6) is 11.5 Å². The van der Waals surface area contributed by atoms with Crippen molar-refractivity contribution in [3.8, 4) is 22.8 Å². The molecule has 0 fully saturated rings. The van der Waals surface area contributed by atoms with Gasteiger partial charge in [0.2, 0.25) is 5.91 Å². The van der Waals surface area contributed by atoms with Crippen LogP contribution >= 0.6 is 0 Å². The van der Waals surface area contributed by atoms with Gasteiger partial charge in [-0.05, 0) is 36.4 Å². The highest BCUT2D eigenvalue weighted by Gasteiger charge is 2.21. The highest BCUT2D eigenvalue weighted by Crippen LogP contribution is 2.40. The second kappa shape index (κ2) is 9.79. The number of benzene rings is 3. The molecule has 0 saturated carbocycles. The summed E-state index contributed by atoms with van der Waals surface area (Å²) in [5.41, 5.74) is 4.85. The van der Waals surface area contributed by atoms with Gasteiger partial charge in [0, 0.05) is 48.5 Å². The molecule has 0 radical (unpaired) electrons. The summed E-state index contributed by atoms with van der Waals surface area (Å²) < 4.78 is 13.0. The maximum Gasteiger partial charge on any atom is 0.221 e. The first-order valence-electron chi connectivity index (χ1n) is 11.4. The van der Waals surface area contributed by atoms with Crippen LogP contribution in [-0.2, 0) is 4.79 Å². The van der Waals surface area contributed by atoms with Gasteiger partial charge in [-0.15, -0.1) is 0 Å². The molecule has 1 amide bonds. The summed E-state index contributed by atoms with van der Waals surface area (Å²) in [6.45, 7) is 1.49. The summed E-state index contributed by atoms with van der Waals surface area (Å²) in [4.78, 5) is 23.1. The molecule has 2 heterocycles. The number of methoxy groups -OCH3 is 2. The predicted octanol–water partition coefficient (Wildman–Crippen LogP) is 5.84. The second-order valence-corrected chi connectivity index (χ2v) is 8.08. The van der Waals surface area contributed by atoms with Crippen LogP contribution in [0.25, 0.3) is 16.9 Å². The maximum absolute atomic E-state index is 11.4. The molecule has 180 valence electrons. The van der Waals surface area contributed by atoms with E-state index in [1.165, 1.54) is 6.92 Å². The van der Waals surface area contributed by atoms with Gasteiger partial charge >= 0.3 is 0 Å². The number of rotatable bonds is 7. The van der Waals surface area contributed by atoms with Crippen LogP contribution in [0.4, 0.5) is 22.9 Å². The fourth-order valence-corrected chi connectivity index (χ4v) is 4.07. The molecule has 5 aromatic rings. The van der Waals surface area contributed by atoms with Crippen LogP contribution in [0.15, 0.2) is 91.4 Å². The Hall–Kier alpha value is -4.85. The van der Waals surface area contributed by atoms with Crippen molar-refractivity contribution in [2.75, 3.05) is 24.4 Å². The molecular formula is C28H25N5O3. The van der Waals surface area contributed by atoms with Crippen molar-refractivity contribution in [1.29, 1.82) is 0 Å². The third kappa shape index (κ3) is 4.44. The molecule has 5 rings (SSSR count). The number of para-hydroxylation sites is 1. The third-order valence-electron chi connectivity index (χ3n) is 5.71. The lowest BCUT2D eigenvalue weighted by Gasteiger charge is -2.26. The van der Waals surface area contributed by atoms with Crippen LogP contribution in [0, 0.1) is 0 Å². The number of carbonyl (C=O) groups excluding carboxylic acids is 1. The lowest BCUT2D eigenvalue weighted by atomic mass is 10.1. The first-order valence-corrected chi connectivity index (χ1v) is 11.4. The molecule has 8 nitrogen and oxygen atoms in total. The molecular weight excluding hydrogens is 454 g/mol. The molecule has 0 aliphatic heterocycles. The number of aromatic nitrogens is 3. The van der Waals surface area contributed by atoms with Crippen molar-refractivity contribution in [3.05, 3.63) is 91.4 Å². The molecule has 1 N–H and O–H groups in total. The fraction of sp³-hybridized carbons (Fsp3) is 0.107. The zero-order valence-electron chi connectivity index (χ0n) is 20.2. The number of amides is 1. The number of nitrogens with one attached hydrogen (secondary N) is 1. The predicted molar refractivity (Wildman–Crippen MR) is 141 cm³/mol. The van der Waals surface area contributed by atoms with Crippen LogP contribution in [0.1, 0.15) is 6.92 Å². The van der Waals surface area contributed by atoms with Gasteiger partial charge in [0.1, 0.15) is 0 Å². The largest absolute Gasteiger partial charge is 0.493 e. The van der Waals surface area contributed by atoms with E-state index >= 15 is 0 Å². The number of anilines is 4. The quantitative estimate of drug-likeness (QED) is 0.316. The van der Waals surface area contributed by atoms with E-state index in [-0.39, 0.29) is 5.91 Å². The Bertz CT molecular complexity index is 1510. The Morgan fingerprint density at radius 2 is 1.67 bits per heavy atom. The molecule has 0 atom stereocenters. The average Bonchev–Trinajstić information content (AvgIpc) is 3.38. The molecule has 0 spiro atoms. The molecule has 0 unspecified atom stereocenters. The summed E-state index contributed by atoms with van der Waals surface area (Å²) in [6, 6.07) is 23.3. The molecule has 3 aromatic carbocycles. The summed E-state index contributed by atoms with van der Waals surface area (Å²) in [7, 11) is 3.23. The molecule has 0 aliphatic carbocycles. The van der Waals surface area contributed by atoms with E-state index in [0.29, 0.717) is 23.0 Å². The summed E-state index contributed by atoms with van der Waals surface area (Å²) in [5.74, 6) is 1.79. The summed E-state index contributed by atoms with van der Waals surface area (Å²) in [5, 5.41) is 2.80. The van der Waals surface area contributed by atoms with Gasteiger partial charge in [0.05, 0.1) is 25.6 Å². The molecule has 0 bridgehead atoms.